The van der Waals surface area contributed by atoms with Gasteiger partial charge in [0.2, 0.25) is 0 Å². The molecule has 3 fully saturated rings. The number of quaternary nitrogens is 1. The Morgan fingerprint density at radius 1 is 1.18 bits per heavy atom. The lowest BCUT2D eigenvalue weighted by Crippen LogP contribution is -2.78. The monoisotopic (exact) mass is 528 g/mol. The van der Waals surface area contributed by atoms with Crippen molar-refractivity contribution < 1.29 is 24.3 Å². The summed E-state index contributed by atoms with van der Waals surface area (Å²) in [4.78, 5) is 29.4. The van der Waals surface area contributed by atoms with Crippen molar-refractivity contribution in [3.05, 3.63) is 64.8 Å². The Labute approximate surface area is 228 Å². The number of hydrogen-bond acceptors (Lipinski definition) is 4. The number of piperidine rings is 1. The van der Waals surface area contributed by atoms with Crippen molar-refractivity contribution in [2.24, 2.45) is 5.92 Å². The molecule has 0 radical (unpaired) electrons. The van der Waals surface area contributed by atoms with Gasteiger partial charge in [-0.05, 0) is 66.5 Å². The van der Waals surface area contributed by atoms with Gasteiger partial charge in [0.1, 0.15) is 23.2 Å². The van der Waals surface area contributed by atoms with Gasteiger partial charge in [-0.15, -0.1) is 0 Å². The van der Waals surface area contributed by atoms with E-state index in [2.05, 4.69) is 29.5 Å². The van der Waals surface area contributed by atoms with Crippen LogP contribution in [0.2, 0.25) is 0 Å². The molecule has 4 aliphatic rings. The van der Waals surface area contributed by atoms with Crippen LogP contribution in [0, 0.1) is 5.92 Å². The zero-order valence-electron chi connectivity index (χ0n) is 22.6. The molecule has 1 aromatic heterocycles. The van der Waals surface area contributed by atoms with E-state index in [1.165, 1.54) is 12.8 Å². The molecule has 3 aliphatic carbocycles. The highest BCUT2D eigenvalue weighted by atomic mass is 16.3. The molecule has 0 spiro atoms. The Kier molecular flexibility index (Phi) is 5.52. The largest absolute Gasteiger partial charge is 0.507 e. The third kappa shape index (κ3) is 3.77. The van der Waals surface area contributed by atoms with E-state index in [4.69, 9.17) is 0 Å². The standard InChI is InChI=1S/C32H37N3O4/c1-35(19-21-2-3-21)15-12-31-18-24(36)8-11-32(31,39)27(35)17-23-5-6-25(29(37)28(23)31)30(38)34-13-9-20-4-7-26-22(16-20)10-14-33-26/h4-7,10,14,16,21,27,33,39H,2-3,8-9,11-13,15,17-19H2,1H3,(H-,34,37,38)/p+1/t27?,31?,32-,35+/m1/s1. The first kappa shape index (κ1) is 24.9. The summed E-state index contributed by atoms with van der Waals surface area (Å²) in [7, 11) is 2.28. The number of hydrogen-bond donors (Lipinski definition) is 4. The third-order valence-corrected chi connectivity index (χ3v) is 10.6. The highest BCUT2D eigenvalue weighted by molar-refractivity contribution is 5.98. The maximum atomic E-state index is 13.3. The molecule has 2 heterocycles. The van der Waals surface area contributed by atoms with E-state index in [1.807, 2.05) is 24.4 Å². The van der Waals surface area contributed by atoms with E-state index in [0.717, 1.165) is 45.5 Å². The number of likely N-dealkylation sites (tertiary alicyclic amines) is 1. The number of H-pyrrole nitrogens is 1. The lowest BCUT2D eigenvalue weighted by atomic mass is 9.48. The Morgan fingerprint density at radius 2 is 2.03 bits per heavy atom. The number of nitrogens with one attached hydrogen (secondary N) is 2. The summed E-state index contributed by atoms with van der Waals surface area (Å²) in [5.41, 5.74) is 2.16. The minimum atomic E-state index is -1.07. The summed E-state index contributed by atoms with van der Waals surface area (Å²) in [6, 6.07) is 11.9. The topological polar surface area (TPSA) is 102 Å². The molecule has 7 nitrogen and oxygen atoms in total. The van der Waals surface area contributed by atoms with Crippen LogP contribution in [0.1, 0.15) is 65.6 Å². The molecular formula is C32H38N3O4+. The summed E-state index contributed by atoms with van der Waals surface area (Å²) in [6.45, 7) is 2.38. The minimum Gasteiger partial charge on any atom is -0.507 e. The van der Waals surface area contributed by atoms with Crippen molar-refractivity contribution in [2.75, 3.05) is 26.7 Å². The quantitative estimate of drug-likeness (QED) is 0.366. The fourth-order valence-corrected chi connectivity index (χ4v) is 8.39. The maximum Gasteiger partial charge on any atom is 0.255 e. The van der Waals surface area contributed by atoms with Crippen LogP contribution in [0.3, 0.4) is 0 Å². The van der Waals surface area contributed by atoms with Crippen molar-refractivity contribution in [2.45, 2.75) is 68.4 Å². The summed E-state index contributed by atoms with van der Waals surface area (Å²) in [6.07, 6.45) is 7.45. The molecule has 7 heteroatoms. The molecule has 1 amide bonds. The van der Waals surface area contributed by atoms with Gasteiger partial charge in [0.05, 0.1) is 25.7 Å². The highest BCUT2D eigenvalue weighted by Gasteiger charge is 2.70. The number of rotatable bonds is 6. The SMILES string of the molecule is C[N@@+]1(CC2CC2)CCC23CC(=O)CC[C@@]2(O)C1Cc1ccc(C(=O)NCCc2ccc4[nH]ccc4c2)c(O)c13. The van der Waals surface area contributed by atoms with Gasteiger partial charge in [0.15, 0.2) is 0 Å². The summed E-state index contributed by atoms with van der Waals surface area (Å²) in [5.74, 6) is 0.483. The van der Waals surface area contributed by atoms with Gasteiger partial charge in [0.25, 0.3) is 5.91 Å². The predicted octanol–water partition coefficient (Wildman–Crippen LogP) is 3.75. The van der Waals surface area contributed by atoms with E-state index in [-0.39, 0.29) is 35.5 Å². The average molecular weight is 529 g/mol. The molecule has 1 saturated heterocycles. The Morgan fingerprint density at radius 3 is 2.85 bits per heavy atom. The highest BCUT2D eigenvalue weighted by Crippen LogP contribution is 2.61. The van der Waals surface area contributed by atoms with Gasteiger partial charge in [-0.1, -0.05) is 12.1 Å². The lowest BCUT2D eigenvalue weighted by molar-refractivity contribution is -0.950. The normalized spacial score (nSPS) is 31.5. The number of aromatic amines is 1. The van der Waals surface area contributed by atoms with E-state index < -0.39 is 11.0 Å². The van der Waals surface area contributed by atoms with Crippen molar-refractivity contribution in [1.29, 1.82) is 0 Å². The molecule has 2 saturated carbocycles. The zero-order valence-corrected chi connectivity index (χ0v) is 22.6. The predicted molar refractivity (Wildman–Crippen MR) is 149 cm³/mol. The van der Waals surface area contributed by atoms with Crippen molar-refractivity contribution >= 4 is 22.6 Å². The van der Waals surface area contributed by atoms with Crippen LogP contribution >= 0.6 is 0 Å². The van der Waals surface area contributed by atoms with Crippen LogP contribution < -0.4 is 5.32 Å². The number of fused-ring (bicyclic) bond motifs is 2. The number of amides is 1. The maximum absolute atomic E-state index is 13.3. The van der Waals surface area contributed by atoms with Gasteiger partial charge in [-0.25, -0.2) is 0 Å². The smallest absolute Gasteiger partial charge is 0.255 e. The molecule has 3 aromatic rings. The molecule has 4 atom stereocenters. The second-order valence-corrected chi connectivity index (χ2v) is 12.9. The first-order chi connectivity index (χ1) is 18.7. The Bertz CT molecular complexity index is 1490. The zero-order chi connectivity index (χ0) is 27.0. The van der Waals surface area contributed by atoms with E-state index in [9.17, 15) is 19.8 Å². The van der Waals surface area contributed by atoms with Crippen molar-refractivity contribution in [3.8, 4) is 5.75 Å². The second kappa shape index (κ2) is 8.67. The number of carbonyl (C=O) groups excluding carboxylic acids is 2. The number of aromatic nitrogens is 1. The molecular weight excluding hydrogens is 490 g/mol. The number of nitrogens with zero attached hydrogens (tertiary/aromatic N) is 1. The fraction of sp³-hybridized carbons (Fsp3) is 0.500. The molecule has 7 rings (SSSR count). The molecule has 2 unspecified atom stereocenters. The van der Waals surface area contributed by atoms with E-state index in [0.29, 0.717) is 44.2 Å². The number of phenolic OH excluding ortho intramolecular Hbond substituents is 1. The first-order valence-corrected chi connectivity index (χ1v) is 14.5. The summed E-state index contributed by atoms with van der Waals surface area (Å²) >= 11 is 0. The number of benzene rings is 2. The number of ketones is 1. The molecule has 204 valence electrons. The molecule has 1 aliphatic heterocycles. The average Bonchev–Trinajstić information content (AvgIpc) is 3.59. The van der Waals surface area contributed by atoms with Crippen LogP contribution in [0.25, 0.3) is 10.9 Å². The second-order valence-electron chi connectivity index (χ2n) is 12.9. The minimum absolute atomic E-state index is 0.0103. The van der Waals surface area contributed by atoms with Crippen molar-refractivity contribution in [3.63, 3.8) is 0 Å². The van der Waals surface area contributed by atoms with Crippen LogP contribution in [0.15, 0.2) is 42.6 Å². The summed E-state index contributed by atoms with van der Waals surface area (Å²) < 4.78 is 0.827. The first-order valence-electron chi connectivity index (χ1n) is 14.5. The van der Waals surface area contributed by atoms with E-state index >= 15 is 0 Å². The van der Waals surface area contributed by atoms with Gasteiger partial charge in [-0.3, -0.25) is 9.59 Å². The molecule has 4 N–H and O–H groups in total. The molecule has 2 aromatic carbocycles. The van der Waals surface area contributed by atoms with Crippen LogP contribution in [-0.4, -0.2) is 69.7 Å². The molecule has 2 bridgehead atoms. The van der Waals surface area contributed by atoms with Gasteiger partial charge in [0, 0.05) is 60.8 Å². The Balaban J connectivity index is 1.19. The van der Waals surface area contributed by atoms with Gasteiger partial charge in [-0.2, -0.15) is 0 Å². The number of Topliss-reactive ketones (excluding diaryl/α,β-unsaturated/α-hetero) is 1. The van der Waals surface area contributed by atoms with Gasteiger partial charge < -0.3 is 25.0 Å². The van der Waals surface area contributed by atoms with Crippen LogP contribution in [-0.2, 0) is 23.1 Å². The van der Waals surface area contributed by atoms with E-state index in [1.54, 1.807) is 6.07 Å². The number of phenols is 1. The number of aliphatic hydroxyl groups is 1. The molecule has 39 heavy (non-hydrogen) atoms. The fourth-order valence-electron chi connectivity index (χ4n) is 8.39. The van der Waals surface area contributed by atoms with Crippen molar-refractivity contribution in [1.82, 2.24) is 10.3 Å². The Hall–Kier alpha value is -3.16. The third-order valence-electron chi connectivity index (χ3n) is 10.6. The number of carbonyl (C=O) groups is 2. The van der Waals surface area contributed by atoms with Gasteiger partial charge >= 0.3 is 0 Å². The summed E-state index contributed by atoms with van der Waals surface area (Å²) in [5, 5.41) is 28.3. The number of aromatic hydroxyl groups is 1. The number of likely N-dealkylation sites (N-methyl/N-ethyl adjacent to an activating group) is 1. The lowest BCUT2D eigenvalue weighted by Gasteiger charge is -2.65. The van der Waals surface area contributed by atoms with Crippen LogP contribution in [0.4, 0.5) is 0 Å². The van der Waals surface area contributed by atoms with Crippen LogP contribution in [0.5, 0.6) is 5.75 Å².